The molecule has 1 aliphatic heterocycles. The Kier molecular flexibility index (Phi) is 7.73. The lowest BCUT2D eigenvalue weighted by Crippen LogP contribution is -2.47. The lowest BCUT2D eigenvalue weighted by molar-refractivity contribution is -0.149. The highest BCUT2D eigenvalue weighted by molar-refractivity contribution is 7.52. The number of ether oxygens (including phenoxy) is 2. The number of nitrogens with zero attached hydrogens (tertiary/aromatic N) is 4. The average molecular weight is 545 g/mol. The highest BCUT2D eigenvalue weighted by Crippen LogP contribution is 2.48. The second kappa shape index (κ2) is 10.7. The maximum absolute atomic E-state index is 13.8. The van der Waals surface area contributed by atoms with Gasteiger partial charge in [-0.2, -0.15) is 15.4 Å². The first-order valence-electron chi connectivity index (χ1n) is 11.9. The number of aliphatic hydroxyl groups is 1. The van der Waals surface area contributed by atoms with Crippen molar-refractivity contribution in [2.75, 3.05) is 18.9 Å². The number of esters is 1. The maximum atomic E-state index is 13.8. The van der Waals surface area contributed by atoms with Crippen molar-refractivity contribution in [3.8, 4) is 11.8 Å². The van der Waals surface area contributed by atoms with Crippen molar-refractivity contribution < 1.29 is 33.0 Å². The van der Waals surface area contributed by atoms with Gasteiger partial charge in [-0.05, 0) is 45.0 Å². The van der Waals surface area contributed by atoms with Gasteiger partial charge in [0.15, 0.2) is 5.82 Å². The second-order valence-electron chi connectivity index (χ2n) is 9.15. The van der Waals surface area contributed by atoms with Crippen LogP contribution in [-0.4, -0.2) is 56.6 Å². The molecule has 1 saturated heterocycles. The van der Waals surface area contributed by atoms with E-state index in [2.05, 4.69) is 15.2 Å². The molecule has 2 aromatic heterocycles. The number of nitriles is 1. The van der Waals surface area contributed by atoms with Gasteiger partial charge in [0.1, 0.15) is 35.3 Å². The predicted octanol–water partition coefficient (Wildman–Crippen LogP) is 2.32. The van der Waals surface area contributed by atoms with Gasteiger partial charge in [0.05, 0.1) is 25.0 Å². The molecule has 14 heteroatoms. The summed E-state index contributed by atoms with van der Waals surface area (Å²) in [6, 6.07) is 13.5. The zero-order chi connectivity index (χ0) is 27.6. The van der Waals surface area contributed by atoms with Gasteiger partial charge in [-0.3, -0.25) is 9.32 Å². The smallest absolute Gasteiger partial charge is 0.459 e. The standard InChI is InChI=1S/C24H29N6O7P/c1-4-34-22(32)23(2,3)29-38(33,37-16-8-6-5-7-9-16)35-13-17-12-20(31)24(14-25,36-17)19-11-10-18-21(26)27-15-28-30(18)19/h5-11,15,17,20,31H,4,12-13H2,1-3H3,(H,29,33)(H2,26,27,28)/t17-,20+,24-,38?/m0/s1. The van der Waals surface area contributed by atoms with Gasteiger partial charge in [-0.15, -0.1) is 0 Å². The number of benzene rings is 1. The van der Waals surface area contributed by atoms with Crippen LogP contribution in [0.15, 0.2) is 48.8 Å². The number of para-hydroxylation sites is 1. The van der Waals surface area contributed by atoms with Crippen LogP contribution in [0.2, 0.25) is 0 Å². The molecule has 1 fully saturated rings. The number of carbonyl (C=O) groups excluding carboxylic acids is 1. The number of aromatic nitrogens is 3. The Hall–Kier alpha value is -3.53. The van der Waals surface area contributed by atoms with E-state index < -0.39 is 37.1 Å². The molecule has 1 unspecified atom stereocenters. The molecule has 0 saturated carbocycles. The molecular formula is C24H29N6O7P. The second-order valence-corrected chi connectivity index (χ2v) is 10.8. The lowest BCUT2D eigenvalue weighted by Gasteiger charge is -2.29. The van der Waals surface area contributed by atoms with E-state index in [9.17, 15) is 19.7 Å². The largest absolute Gasteiger partial charge is 0.465 e. The summed E-state index contributed by atoms with van der Waals surface area (Å²) in [7, 11) is -4.21. The summed E-state index contributed by atoms with van der Waals surface area (Å²) < 4.78 is 37.7. The molecule has 1 aromatic carbocycles. The molecule has 202 valence electrons. The summed E-state index contributed by atoms with van der Waals surface area (Å²) in [5, 5.41) is 27.8. The van der Waals surface area contributed by atoms with E-state index in [1.165, 1.54) is 24.7 Å². The van der Waals surface area contributed by atoms with Crippen molar-refractivity contribution in [3.05, 3.63) is 54.5 Å². The van der Waals surface area contributed by atoms with E-state index >= 15 is 0 Å². The Morgan fingerprint density at radius 2 is 2.11 bits per heavy atom. The molecule has 38 heavy (non-hydrogen) atoms. The third kappa shape index (κ3) is 5.36. The van der Waals surface area contributed by atoms with E-state index in [4.69, 9.17) is 24.3 Å². The highest BCUT2D eigenvalue weighted by Gasteiger charge is 2.53. The lowest BCUT2D eigenvalue weighted by atomic mass is 9.94. The van der Waals surface area contributed by atoms with E-state index in [1.54, 1.807) is 49.4 Å². The summed E-state index contributed by atoms with van der Waals surface area (Å²) >= 11 is 0. The van der Waals surface area contributed by atoms with Gasteiger partial charge in [0.2, 0.25) is 5.60 Å². The van der Waals surface area contributed by atoms with Gasteiger partial charge in [-0.1, -0.05) is 18.2 Å². The number of anilines is 1. The number of rotatable bonds is 10. The number of hydrogen-bond acceptors (Lipinski definition) is 11. The van der Waals surface area contributed by atoms with Crippen LogP contribution in [-0.2, 0) is 29.0 Å². The summed E-state index contributed by atoms with van der Waals surface area (Å²) in [5.74, 6) is -0.224. The Bertz CT molecular complexity index is 1390. The third-order valence-corrected chi connectivity index (χ3v) is 7.71. The molecule has 13 nitrogen and oxygen atoms in total. The molecule has 4 atom stereocenters. The Morgan fingerprint density at radius 1 is 1.37 bits per heavy atom. The molecule has 0 radical (unpaired) electrons. The van der Waals surface area contributed by atoms with Crippen molar-refractivity contribution in [2.45, 2.75) is 50.5 Å². The van der Waals surface area contributed by atoms with Gasteiger partial charge in [-0.25, -0.2) is 14.1 Å². The Balaban J connectivity index is 1.56. The molecule has 0 aliphatic carbocycles. The van der Waals surface area contributed by atoms with Crippen LogP contribution < -0.4 is 15.3 Å². The van der Waals surface area contributed by atoms with Crippen LogP contribution in [0.4, 0.5) is 5.82 Å². The van der Waals surface area contributed by atoms with Crippen molar-refractivity contribution in [1.82, 2.24) is 19.7 Å². The zero-order valence-electron chi connectivity index (χ0n) is 21.1. The van der Waals surface area contributed by atoms with Crippen LogP contribution in [0, 0.1) is 11.3 Å². The summed E-state index contributed by atoms with van der Waals surface area (Å²) in [4.78, 5) is 16.4. The molecule has 0 amide bonds. The molecule has 4 N–H and O–H groups in total. The van der Waals surface area contributed by atoms with Crippen molar-refractivity contribution >= 4 is 25.1 Å². The van der Waals surface area contributed by atoms with Crippen molar-refractivity contribution in [3.63, 3.8) is 0 Å². The van der Waals surface area contributed by atoms with Gasteiger partial charge in [0.25, 0.3) is 0 Å². The van der Waals surface area contributed by atoms with E-state index in [-0.39, 0.29) is 36.9 Å². The topological polar surface area (TPSA) is 183 Å². The molecule has 1 aliphatic rings. The minimum atomic E-state index is -4.21. The Labute approximate surface area is 219 Å². The monoisotopic (exact) mass is 544 g/mol. The fourth-order valence-electron chi connectivity index (χ4n) is 4.11. The van der Waals surface area contributed by atoms with Crippen molar-refractivity contribution in [2.24, 2.45) is 0 Å². The van der Waals surface area contributed by atoms with Crippen LogP contribution in [0.5, 0.6) is 5.75 Å². The third-order valence-electron chi connectivity index (χ3n) is 5.94. The highest BCUT2D eigenvalue weighted by atomic mass is 31.2. The molecule has 0 bridgehead atoms. The number of nitrogens with two attached hydrogens (primary N) is 1. The van der Waals surface area contributed by atoms with E-state index in [0.717, 1.165) is 0 Å². The molecule has 0 spiro atoms. The minimum Gasteiger partial charge on any atom is -0.465 e. The zero-order valence-corrected chi connectivity index (χ0v) is 22.0. The van der Waals surface area contributed by atoms with Crippen molar-refractivity contribution in [1.29, 1.82) is 5.26 Å². The summed E-state index contributed by atoms with van der Waals surface area (Å²) in [6.45, 7) is 4.41. The number of carbonyl (C=O) groups is 1. The first-order chi connectivity index (χ1) is 18.0. The average Bonchev–Trinajstić information content (AvgIpc) is 3.45. The van der Waals surface area contributed by atoms with Crippen LogP contribution in [0.25, 0.3) is 5.52 Å². The van der Waals surface area contributed by atoms with E-state index in [1.807, 2.05) is 6.07 Å². The number of aliphatic hydroxyl groups excluding tert-OH is 1. The normalized spacial score (nSPS) is 23.0. The summed E-state index contributed by atoms with van der Waals surface area (Å²) in [5.41, 5.74) is 3.36. The first kappa shape index (κ1) is 27.5. The fourth-order valence-corrected chi connectivity index (χ4v) is 5.81. The Morgan fingerprint density at radius 3 is 2.79 bits per heavy atom. The minimum absolute atomic E-state index is 0.0199. The number of fused-ring (bicyclic) bond motifs is 1. The van der Waals surface area contributed by atoms with Crippen LogP contribution in [0.3, 0.4) is 0 Å². The first-order valence-corrected chi connectivity index (χ1v) is 13.4. The summed E-state index contributed by atoms with van der Waals surface area (Å²) in [6.07, 6.45) is -0.927. The van der Waals surface area contributed by atoms with Crippen LogP contribution in [0.1, 0.15) is 32.9 Å². The number of nitrogen functional groups attached to an aromatic ring is 1. The van der Waals surface area contributed by atoms with Gasteiger partial charge >= 0.3 is 13.7 Å². The van der Waals surface area contributed by atoms with Crippen LogP contribution >= 0.6 is 7.75 Å². The molecule has 4 rings (SSSR count). The maximum Gasteiger partial charge on any atom is 0.459 e. The molecule has 3 heterocycles. The molecule has 3 aromatic rings. The fraction of sp³-hybridized carbons (Fsp3) is 0.417. The van der Waals surface area contributed by atoms with Gasteiger partial charge in [0, 0.05) is 6.42 Å². The quantitative estimate of drug-likeness (QED) is 0.250. The number of hydrogen-bond donors (Lipinski definition) is 3. The van der Waals surface area contributed by atoms with E-state index in [0.29, 0.717) is 5.52 Å². The van der Waals surface area contributed by atoms with Gasteiger partial charge < -0.3 is 24.8 Å². The predicted molar refractivity (Wildman–Crippen MR) is 135 cm³/mol. The molecular weight excluding hydrogens is 515 g/mol. The number of nitrogens with one attached hydrogen (secondary N) is 1. The SMILES string of the molecule is CCOC(=O)C(C)(C)NP(=O)(OC[C@@H]1C[C@@H](O)[C@](C#N)(c2ccc3c(N)ncnn23)O1)Oc1ccccc1.